The summed E-state index contributed by atoms with van der Waals surface area (Å²) in [5, 5.41) is 0. The maximum Gasteiger partial charge on any atom is 0.193 e. The fourth-order valence-electron chi connectivity index (χ4n) is 1.57. The van der Waals surface area contributed by atoms with Crippen LogP contribution in [-0.4, -0.2) is 5.78 Å². The predicted octanol–water partition coefficient (Wildman–Crippen LogP) is 4.39. The lowest BCUT2D eigenvalue weighted by Crippen LogP contribution is -2.01. The molecule has 2 rings (SSSR count). The molecule has 0 N–H and O–H groups in total. The van der Waals surface area contributed by atoms with Gasteiger partial charge in [-0.15, -0.1) is 23.2 Å². The molecule has 0 spiro atoms. The average molecular weight is 265 g/mol. The molecule has 0 aliphatic heterocycles. The van der Waals surface area contributed by atoms with Crippen molar-refractivity contribution in [2.24, 2.45) is 0 Å². The highest BCUT2D eigenvalue weighted by atomic mass is 35.5. The summed E-state index contributed by atoms with van der Waals surface area (Å²) in [5.41, 5.74) is 1.99. The molecule has 0 fully saturated rings. The number of hydrogen-bond donors (Lipinski definition) is 0. The Morgan fingerprint density at radius 2 is 1.53 bits per heavy atom. The van der Waals surface area contributed by atoms with Gasteiger partial charge in [0, 0.05) is 11.1 Å². The summed E-state index contributed by atoms with van der Waals surface area (Å²) in [6, 6.07) is 16.2. The lowest BCUT2D eigenvalue weighted by Gasteiger charge is -2.05. The summed E-state index contributed by atoms with van der Waals surface area (Å²) < 4.78 is 0. The molecule has 0 unspecified atom stereocenters. The third-order valence-electron chi connectivity index (χ3n) is 2.44. The van der Waals surface area contributed by atoms with Crippen molar-refractivity contribution >= 4 is 29.0 Å². The predicted molar refractivity (Wildman–Crippen MR) is 70.8 cm³/mol. The first kappa shape index (κ1) is 12.2. The Morgan fingerprint density at radius 3 is 2.18 bits per heavy atom. The minimum Gasteiger partial charge on any atom is -0.289 e. The lowest BCUT2D eigenvalue weighted by atomic mass is 10.0. The largest absolute Gasteiger partial charge is 0.289 e. The zero-order valence-corrected chi connectivity index (χ0v) is 10.4. The SMILES string of the molecule is O=C(c1ccccc1)c1cccc(C(Cl)Cl)c1. The van der Waals surface area contributed by atoms with Crippen LogP contribution in [0.1, 0.15) is 26.3 Å². The Kier molecular flexibility index (Phi) is 3.82. The Bertz CT molecular complexity index is 521. The summed E-state index contributed by atoms with van der Waals surface area (Å²) in [4.78, 5) is 11.5. The highest BCUT2D eigenvalue weighted by Crippen LogP contribution is 2.25. The third-order valence-corrected chi connectivity index (χ3v) is 2.94. The van der Waals surface area contributed by atoms with Crippen LogP contribution in [0.3, 0.4) is 0 Å². The van der Waals surface area contributed by atoms with Gasteiger partial charge in [0.05, 0.1) is 0 Å². The van der Waals surface area contributed by atoms with Gasteiger partial charge in [0.25, 0.3) is 0 Å². The van der Waals surface area contributed by atoms with Crippen molar-refractivity contribution in [2.75, 3.05) is 0 Å². The van der Waals surface area contributed by atoms with E-state index in [9.17, 15) is 4.79 Å². The molecule has 3 heteroatoms. The van der Waals surface area contributed by atoms with Crippen LogP contribution in [0.25, 0.3) is 0 Å². The van der Waals surface area contributed by atoms with Crippen molar-refractivity contribution in [2.45, 2.75) is 4.84 Å². The maximum absolute atomic E-state index is 12.1. The number of ketones is 1. The Balaban J connectivity index is 2.35. The standard InChI is InChI=1S/C14H10Cl2O/c15-14(16)12-8-4-7-11(9-12)13(17)10-5-2-1-3-6-10/h1-9,14H. The minimum atomic E-state index is -0.612. The molecule has 0 saturated carbocycles. The summed E-state index contributed by atoms with van der Waals surface area (Å²) in [7, 11) is 0. The van der Waals surface area contributed by atoms with Crippen molar-refractivity contribution < 1.29 is 4.79 Å². The van der Waals surface area contributed by atoms with E-state index in [1.165, 1.54) is 0 Å². The molecule has 0 amide bonds. The summed E-state index contributed by atoms with van der Waals surface area (Å²) in [5.74, 6) is -0.0265. The van der Waals surface area contributed by atoms with Crippen LogP contribution in [0.2, 0.25) is 0 Å². The Morgan fingerprint density at radius 1 is 0.882 bits per heavy atom. The Hall–Kier alpha value is -1.31. The maximum atomic E-state index is 12.1. The first-order valence-electron chi connectivity index (χ1n) is 5.16. The van der Waals surface area contributed by atoms with Gasteiger partial charge >= 0.3 is 0 Å². The molecule has 17 heavy (non-hydrogen) atoms. The molecule has 2 aromatic rings. The van der Waals surface area contributed by atoms with Crippen LogP contribution >= 0.6 is 23.2 Å². The fourth-order valence-corrected chi connectivity index (χ4v) is 1.84. The normalized spacial score (nSPS) is 10.5. The van der Waals surface area contributed by atoms with Crippen molar-refractivity contribution in [1.29, 1.82) is 0 Å². The van der Waals surface area contributed by atoms with Gasteiger partial charge in [0.1, 0.15) is 4.84 Å². The molecule has 0 aliphatic carbocycles. The average Bonchev–Trinajstić information content (AvgIpc) is 2.39. The molecule has 0 radical (unpaired) electrons. The fraction of sp³-hybridized carbons (Fsp3) is 0.0714. The molecule has 0 atom stereocenters. The number of rotatable bonds is 3. The summed E-state index contributed by atoms with van der Waals surface area (Å²) >= 11 is 11.6. The molecule has 0 saturated heterocycles. The van der Waals surface area contributed by atoms with Gasteiger partial charge in [-0.25, -0.2) is 0 Å². The summed E-state index contributed by atoms with van der Waals surface area (Å²) in [6.07, 6.45) is 0. The molecule has 0 aliphatic rings. The van der Waals surface area contributed by atoms with E-state index in [4.69, 9.17) is 23.2 Å². The quantitative estimate of drug-likeness (QED) is 0.594. The number of carbonyl (C=O) groups is 1. The highest BCUT2D eigenvalue weighted by molar-refractivity contribution is 6.44. The number of alkyl halides is 2. The van der Waals surface area contributed by atoms with E-state index in [-0.39, 0.29) is 5.78 Å². The van der Waals surface area contributed by atoms with E-state index in [0.29, 0.717) is 11.1 Å². The summed E-state index contributed by atoms with van der Waals surface area (Å²) in [6.45, 7) is 0. The van der Waals surface area contributed by atoms with Crippen LogP contribution in [-0.2, 0) is 0 Å². The second kappa shape index (κ2) is 5.35. The van der Waals surface area contributed by atoms with Gasteiger partial charge in [-0.3, -0.25) is 4.79 Å². The van der Waals surface area contributed by atoms with Gasteiger partial charge < -0.3 is 0 Å². The van der Waals surface area contributed by atoms with E-state index in [1.807, 2.05) is 18.2 Å². The smallest absolute Gasteiger partial charge is 0.193 e. The molecule has 0 bridgehead atoms. The molecular formula is C14H10Cl2O. The molecular weight excluding hydrogens is 255 g/mol. The van der Waals surface area contributed by atoms with E-state index in [2.05, 4.69) is 0 Å². The second-order valence-corrected chi connectivity index (χ2v) is 4.72. The number of carbonyl (C=O) groups excluding carboxylic acids is 1. The van der Waals surface area contributed by atoms with Crippen molar-refractivity contribution in [3.63, 3.8) is 0 Å². The van der Waals surface area contributed by atoms with E-state index in [1.54, 1.807) is 36.4 Å². The Labute approximate surface area is 110 Å². The molecule has 0 aromatic heterocycles. The van der Waals surface area contributed by atoms with Crippen LogP contribution in [0, 0.1) is 0 Å². The zero-order chi connectivity index (χ0) is 12.3. The van der Waals surface area contributed by atoms with Gasteiger partial charge in [-0.05, 0) is 11.6 Å². The van der Waals surface area contributed by atoms with Crippen LogP contribution in [0.4, 0.5) is 0 Å². The van der Waals surface area contributed by atoms with E-state index in [0.717, 1.165) is 5.56 Å². The van der Waals surface area contributed by atoms with E-state index >= 15 is 0 Å². The minimum absolute atomic E-state index is 0.0265. The van der Waals surface area contributed by atoms with Crippen molar-refractivity contribution in [1.82, 2.24) is 0 Å². The first-order valence-corrected chi connectivity index (χ1v) is 6.03. The lowest BCUT2D eigenvalue weighted by molar-refractivity contribution is 0.103. The monoisotopic (exact) mass is 264 g/mol. The highest BCUT2D eigenvalue weighted by Gasteiger charge is 2.10. The first-order chi connectivity index (χ1) is 8.18. The van der Waals surface area contributed by atoms with Crippen LogP contribution in [0.15, 0.2) is 54.6 Å². The van der Waals surface area contributed by atoms with Crippen molar-refractivity contribution in [3.8, 4) is 0 Å². The molecule has 0 heterocycles. The number of benzene rings is 2. The van der Waals surface area contributed by atoms with E-state index < -0.39 is 4.84 Å². The van der Waals surface area contributed by atoms with Gasteiger partial charge in [0.15, 0.2) is 5.78 Å². The molecule has 1 nitrogen and oxygen atoms in total. The topological polar surface area (TPSA) is 17.1 Å². The van der Waals surface area contributed by atoms with Gasteiger partial charge in [0.2, 0.25) is 0 Å². The third kappa shape index (κ3) is 2.87. The second-order valence-electron chi connectivity index (χ2n) is 3.62. The number of hydrogen-bond acceptors (Lipinski definition) is 1. The van der Waals surface area contributed by atoms with Crippen LogP contribution in [0.5, 0.6) is 0 Å². The van der Waals surface area contributed by atoms with Crippen LogP contribution < -0.4 is 0 Å². The number of halogens is 2. The van der Waals surface area contributed by atoms with Gasteiger partial charge in [-0.1, -0.05) is 48.5 Å². The molecule has 86 valence electrons. The van der Waals surface area contributed by atoms with Crippen molar-refractivity contribution in [3.05, 3.63) is 71.3 Å². The van der Waals surface area contributed by atoms with Gasteiger partial charge in [-0.2, -0.15) is 0 Å². The molecule has 2 aromatic carbocycles. The zero-order valence-electron chi connectivity index (χ0n) is 8.94.